The Labute approximate surface area is 185 Å². The van der Waals surface area contributed by atoms with Gasteiger partial charge < -0.3 is 15.4 Å². The molecule has 2 amide bonds. The molecule has 0 aliphatic heterocycles. The molecule has 0 saturated carbocycles. The largest absolute Gasteiger partial charge is 0.456 e. The van der Waals surface area contributed by atoms with Gasteiger partial charge in [-0.05, 0) is 36.8 Å². The van der Waals surface area contributed by atoms with Gasteiger partial charge in [0.05, 0.1) is 15.6 Å². The summed E-state index contributed by atoms with van der Waals surface area (Å²) in [7, 11) is 0. The highest BCUT2D eigenvalue weighted by Gasteiger charge is 2.11. The number of ether oxygens (including phenoxy) is 1. The Morgan fingerprint density at radius 1 is 1.03 bits per heavy atom. The van der Waals surface area contributed by atoms with Crippen molar-refractivity contribution in [3.05, 3.63) is 62.1 Å². The first kappa shape index (κ1) is 23.3. The van der Waals surface area contributed by atoms with Gasteiger partial charge in [0.1, 0.15) is 0 Å². The van der Waals surface area contributed by atoms with Crippen molar-refractivity contribution in [3.8, 4) is 0 Å². The van der Waals surface area contributed by atoms with Gasteiger partial charge in [-0.25, -0.2) is 0 Å². The standard InChI is InChI=1S/C19H17BrClN3O6/c20-12-4-9-16(15(21)10-12)23-18(26)11-30-19(27)3-1-2-17(25)22-13-5-7-14(8-6-13)24(28)29/h4-10H,1-3,11H2,(H,22,25)(H,23,26). The molecule has 0 unspecified atom stereocenters. The van der Waals surface area contributed by atoms with Gasteiger partial charge in [-0.15, -0.1) is 0 Å². The number of halogens is 2. The molecule has 0 atom stereocenters. The molecule has 0 aromatic heterocycles. The summed E-state index contributed by atoms with van der Waals surface area (Å²) < 4.78 is 5.64. The van der Waals surface area contributed by atoms with E-state index < -0.39 is 23.4 Å². The van der Waals surface area contributed by atoms with Crippen molar-refractivity contribution in [2.24, 2.45) is 0 Å². The minimum absolute atomic E-state index is 0.0417. The lowest BCUT2D eigenvalue weighted by Crippen LogP contribution is -2.21. The van der Waals surface area contributed by atoms with Crippen molar-refractivity contribution in [1.29, 1.82) is 0 Å². The quantitative estimate of drug-likeness (QED) is 0.301. The Kier molecular flexibility index (Phi) is 8.75. The number of carbonyl (C=O) groups excluding carboxylic acids is 3. The van der Waals surface area contributed by atoms with Crippen LogP contribution >= 0.6 is 27.5 Å². The van der Waals surface area contributed by atoms with E-state index in [4.69, 9.17) is 16.3 Å². The van der Waals surface area contributed by atoms with Gasteiger partial charge >= 0.3 is 5.97 Å². The molecular weight excluding hydrogens is 482 g/mol. The number of amides is 2. The number of benzene rings is 2. The summed E-state index contributed by atoms with van der Waals surface area (Å²) in [6, 6.07) is 10.3. The fourth-order valence-electron chi connectivity index (χ4n) is 2.28. The number of hydrogen-bond donors (Lipinski definition) is 2. The minimum Gasteiger partial charge on any atom is -0.456 e. The monoisotopic (exact) mass is 497 g/mol. The molecule has 30 heavy (non-hydrogen) atoms. The molecule has 0 aliphatic carbocycles. The summed E-state index contributed by atoms with van der Waals surface area (Å²) >= 11 is 9.25. The molecule has 0 aliphatic rings. The highest BCUT2D eigenvalue weighted by molar-refractivity contribution is 9.10. The van der Waals surface area contributed by atoms with Gasteiger partial charge in [0.15, 0.2) is 6.61 Å². The second-order valence-electron chi connectivity index (χ2n) is 6.04. The van der Waals surface area contributed by atoms with E-state index in [1.165, 1.54) is 24.3 Å². The lowest BCUT2D eigenvalue weighted by atomic mass is 10.2. The number of nitro benzene ring substituents is 1. The third-order valence-corrected chi connectivity index (χ3v) is 4.52. The number of anilines is 2. The maximum Gasteiger partial charge on any atom is 0.306 e. The van der Waals surface area contributed by atoms with E-state index in [1.807, 2.05) is 0 Å². The Bertz CT molecular complexity index is 952. The van der Waals surface area contributed by atoms with Crippen LogP contribution < -0.4 is 10.6 Å². The number of hydrogen-bond acceptors (Lipinski definition) is 6. The molecule has 2 aromatic rings. The molecule has 0 radical (unpaired) electrons. The molecular formula is C19H17BrClN3O6. The first-order valence-corrected chi connectivity index (χ1v) is 9.86. The van der Waals surface area contributed by atoms with Crippen molar-refractivity contribution < 1.29 is 24.0 Å². The number of nitrogens with one attached hydrogen (secondary N) is 2. The molecule has 0 fully saturated rings. The highest BCUT2D eigenvalue weighted by Crippen LogP contribution is 2.25. The summed E-state index contributed by atoms with van der Waals surface area (Å²) in [6.07, 6.45) is 0.227. The van der Waals surface area contributed by atoms with E-state index >= 15 is 0 Å². The molecule has 2 aromatic carbocycles. The molecule has 0 spiro atoms. The molecule has 2 rings (SSSR count). The van der Waals surface area contributed by atoms with E-state index in [2.05, 4.69) is 26.6 Å². The summed E-state index contributed by atoms with van der Waals surface area (Å²) in [5, 5.41) is 16.0. The first-order valence-electron chi connectivity index (χ1n) is 8.69. The van der Waals surface area contributed by atoms with E-state index in [9.17, 15) is 24.5 Å². The van der Waals surface area contributed by atoms with Gasteiger partial charge in [0.25, 0.3) is 11.6 Å². The number of rotatable bonds is 9. The average Bonchev–Trinajstić information content (AvgIpc) is 2.69. The van der Waals surface area contributed by atoms with Crippen LogP contribution in [0.1, 0.15) is 19.3 Å². The fourth-order valence-corrected chi connectivity index (χ4v) is 3.00. The van der Waals surface area contributed by atoms with Crippen LogP contribution in [-0.2, 0) is 19.1 Å². The Hall–Kier alpha value is -2.98. The summed E-state index contributed by atoms with van der Waals surface area (Å²) in [5.41, 5.74) is 0.725. The number of non-ortho nitro benzene ring substituents is 1. The molecule has 0 saturated heterocycles. The van der Waals surface area contributed by atoms with Gasteiger partial charge in [-0.2, -0.15) is 0 Å². The zero-order valence-electron chi connectivity index (χ0n) is 15.5. The van der Waals surface area contributed by atoms with Crippen molar-refractivity contribution >= 4 is 62.4 Å². The van der Waals surface area contributed by atoms with Gasteiger partial charge in [-0.3, -0.25) is 24.5 Å². The smallest absolute Gasteiger partial charge is 0.306 e. The summed E-state index contributed by atoms with van der Waals surface area (Å²) in [4.78, 5) is 45.5. The molecule has 2 N–H and O–H groups in total. The molecule has 0 bridgehead atoms. The van der Waals surface area contributed by atoms with Crippen LogP contribution in [0, 0.1) is 10.1 Å². The molecule has 9 nitrogen and oxygen atoms in total. The van der Waals surface area contributed by atoms with E-state index in [-0.39, 0.29) is 30.9 Å². The predicted molar refractivity (Wildman–Crippen MR) is 114 cm³/mol. The molecule has 0 heterocycles. The summed E-state index contributed by atoms with van der Waals surface area (Å²) in [6.45, 7) is -0.472. The van der Waals surface area contributed by atoms with Crippen LogP contribution in [0.5, 0.6) is 0 Å². The first-order chi connectivity index (χ1) is 14.2. The average molecular weight is 499 g/mol. The summed E-state index contributed by atoms with van der Waals surface area (Å²) in [5.74, 6) is -1.50. The molecule has 158 valence electrons. The maximum atomic E-state index is 11.9. The van der Waals surface area contributed by atoms with Crippen LogP contribution in [0.4, 0.5) is 17.1 Å². The Morgan fingerprint density at radius 2 is 1.73 bits per heavy atom. The van der Waals surface area contributed by atoms with Gasteiger partial charge in [-0.1, -0.05) is 27.5 Å². The van der Waals surface area contributed by atoms with Crippen LogP contribution in [0.25, 0.3) is 0 Å². The third kappa shape index (κ3) is 7.80. The van der Waals surface area contributed by atoms with E-state index in [1.54, 1.807) is 18.2 Å². The maximum absolute atomic E-state index is 11.9. The number of esters is 1. The lowest BCUT2D eigenvalue weighted by Gasteiger charge is -2.08. The zero-order valence-corrected chi connectivity index (χ0v) is 17.9. The minimum atomic E-state index is -0.616. The number of nitro groups is 1. The second kappa shape index (κ2) is 11.3. The van der Waals surface area contributed by atoms with E-state index in [0.29, 0.717) is 16.4 Å². The SMILES string of the molecule is O=C(CCCC(=O)OCC(=O)Nc1ccc(Br)cc1Cl)Nc1ccc([N+](=O)[O-])cc1. The highest BCUT2D eigenvalue weighted by atomic mass is 79.9. The van der Waals surface area contributed by atoms with Gasteiger partial charge in [0.2, 0.25) is 5.91 Å². The van der Waals surface area contributed by atoms with Gasteiger partial charge in [0, 0.05) is 35.1 Å². The topological polar surface area (TPSA) is 128 Å². The van der Waals surface area contributed by atoms with Crippen molar-refractivity contribution in [2.45, 2.75) is 19.3 Å². The van der Waals surface area contributed by atoms with E-state index in [0.717, 1.165) is 4.47 Å². The molecule has 11 heteroatoms. The predicted octanol–water partition coefficient (Wildman–Crippen LogP) is 4.30. The number of nitrogens with zero attached hydrogens (tertiary/aromatic N) is 1. The van der Waals surface area contributed by atoms with Crippen molar-refractivity contribution in [1.82, 2.24) is 0 Å². The van der Waals surface area contributed by atoms with Crippen LogP contribution in [0.2, 0.25) is 5.02 Å². The lowest BCUT2D eigenvalue weighted by molar-refractivity contribution is -0.384. The Balaban J connectivity index is 1.66. The Morgan fingerprint density at radius 3 is 2.37 bits per heavy atom. The normalized spacial score (nSPS) is 10.2. The zero-order chi connectivity index (χ0) is 22.1. The van der Waals surface area contributed by atoms with Crippen molar-refractivity contribution in [3.63, 3.8) is 0 Å². The van der Waals surface area contributed by atoms with Crippen LogP contribution in [-0.4, -0.2) is 29.3 Å². The number of carbonyl (C=O) groups is 3. The third-order valence-electron chi connectivity index (χ3n) is 3.72. The fraction of sp³-hybridized carbons (Fsp3) is 0.211. The second-order valence-corrected chi connectivity index (χ2v) is 7.36. The van der Waals surface area contributed by atoms with Crippen LogP contribution in [0.3, 0.4) is 0 Å². The van der Waals surface area contributed by atoms with Crippen molar-refractivity contribution in [2.75, 3.05) is 17.2 Å². The van der Waals surface area contributed by atoms with Crippen LogP contribution in [0.15, 0.2) is 46.9 Å².